The van der Waals surface area contributed by atoms with Gasteiger partial charge in [-0.25, -0.2) is 0 Å². The van der Waals surface area contributed by atoms with Crippen LogP contribution in [0.3, 0.4) is 0 Å². The Morgan fingerprint density at radius 2 is 1.79 bits per heavy atom. The predicted octanol–water partition coefficient (Wildman–Crippen LogP) is 1.45. The van der Waals surface area contributed by atoms with Crippen LogP contribution in [0.15, 0.2) is 35.3 Å². The van der Waals surface area contributed by atoms with Gasteiger partial charge in [0.25, 0.3) is 0 Å². The van der Waals surface area contributed by atoms with E-state index in [2.05, 4.69) is 15.6 Å². The molecule has 11 heteroatoms. The Kier molecular flexibility index (Phi) is 12.7. The molecule has 1 heterocycles. The smallest absolute Gasteiger partial charge is 0.243 e. The van der Waals surface area contributed by atoms with Gasteiger partial charge >= 0.3 is 0 Å². The average molecular weight is 509 g/mol. The normalized spacial score (nSPS) is 16.9. The Morgan fingerprint density at radius 1 is 1.03 bits per heavy atom. The molecular weight excluding hydrogens is 472 g/mol. The molecule has 1 aliphatic rings. The van der Waals surface area contributed by atoms with Crippen molar-refractivity contribution in [1.29, 1.82) is 0 Å². The highest BCUT2D eigenvalue weighted by atomic mass is 33.1. The number of benzene rings is 1. The number of hydrogen-bond donors (Lipinski definition) is 5. The Morgan fingerprint density at radius 3 is 2.44 bits per heavy atom. The number of carbonyl (C=O) groups is 3. The summed E-state index contributed by atoms with van der Waals surface area (Å²) in [4.78, 5) is 41.4. The lowest BCUT2D eigenvalue weighted by molar-refractivity contribution is -0.131. The van der Waals surface area contributed by atoms with E-state index in [1.54, 1.807) is 0 Å². The molecule has 8 N–H and O–H groups in total. The third-order valence-electron chi connectivity index (χ3n) is 5.45. The van der Waals surface area contributed by atoms with Gasteiger partial charge in [-0.05, 0) is 37.7 Å². The minimum atomic E-state index is -0.876. The monoisotopic (exact) mass is 508 g/mol. The molecule has 9 nitrogen and oxygen atoms in total. The molecular formula is C23H36N6O3S2. The van der Waals surface area contributed by atoms with Crippen molar-refractivity contribution < 1.29 is 14.4 Å². The molecule has 0 spiro atoms. The maximum Gasteiger partial charge on any atom is 0.243 e. The second-order valence-electron chi connectivity index (χ2n) is 8.30. The molecule has 1 fully saturated rings. The van der Waals surface area contributed by atoms with E-state index in [4.69, 9.17) is 17.2 Å². The first kappa shape index (κ1) is 27.8. The highest BCUT2D eigenvalue weighted by Gasteiger charge is 2.26. The summed E-state index contributed by atoms with van der Waals surface area (Å²) in [6.45, 7) is 0.324. The zero-order valence-corrected chi connectivity index (χ0v) is 21.0. The molecule has 3 atom stereocenters. The number of nitrogens with two attached hydrogens (primary N) is 3. The summed E-state index contributed by atoms with van der Waals surface area (Å²) in [5.74, 6) is -0.0979. The standard InChI is InChI=1S/C23H36N6O3S2/c24-21(31)18(10-6-13-27-23(25)26)29-22(32)19(15-16-7-2-1-3-8-16)28-20(30)11-5-4-9-17-12-14-33-34-17/h1-3,7-8,17-19H,4-6,9-15H2,(H2,24,31)(H,28,30)(H,29,32)(H4,25,26,27)/t17?,18?,19-/m1/s1. The number of unbranched alkanes of at least 4 members (excludes halogenated alkanes) is 1. The van der Waals surface area contributed by atoms with E-state index in [1.807, 2.05) is 51.9 Å². The number of hydrogen-bond acceptors (Lipinski definition) is 6. The lowest BCUT2D eigenvalue weighted by Gasteiger charge is -2.22. The topological polar surface area (TPSA) is 166 Å². The van der Waals surface area contributed by atoms with E-state index in [0.717, 1.165) is 24.8 Å². The number of carbonyl (C=O) groups excluding carboxylic acids is 3. The van der Waals surface area contributed by atoms with Gasteiger partial charge < -0.3 is 27.8 Å². The fourth-order valence-corrected chi connectivity index (χ4v) is 6.64. The van der Waals surface area contributed by atoms with E-state index in [0.29, 0.717) is 37.5 Å². The molecule has 188 valence electrons. The van der Waals surface area contributed by atoms with Crippen molar-refractivity contribution in [3.8, 4) is 0 Å². The molecule has 1 aliphatic heterocycles. The van der Waals surface area contributed by atoms with Gasteiger partial charge in [-0.3, -0.25) is 19.4 Å². The van der Waals surface area contributed by atoms with Crippen molar-refractivity contribution in [1.82, 2.24) is 10.6 Å². The van der Waals surface area contributed by atoms with Crippen LogP contribution in [0, 0.1) is 0 Å². The van der Waals surface area contributed by atoms with Crippen LogP contribution in [-0.4, -0.2) is 53.3 Å². The minimum absolute atomic E-state index is 0.0359. The van der Waals surface area contributed by atoms with Crippen molar-refractivity contribution >= 4 is 45.3 Å². The second-order valence-corrected chi connectivity index (χ2v) is 11.1. The first-order valence-electron chi connectivity index (χ1n) is 11.6. The van der Waals surface area contributed by atoms with Crippen LogP contribution in [0.2, 0.25) is 0 Å². The molecule has 1 aromatic rings. The van der Waals surface area contributed by atoms with E-state index < -0.39 is 23.9 Å². The molecule has 3 amide bonds. The van der Waals surface area contributed by atoms with Crippen LogP contribution >= 0.6 is 21.6 Å². The molecule has 2 rings (SSSR count). The number of guanidine groups is 1. The first-order valence-corrected chi connectivity index (χ1v) is 14.0. The van der Waals surface area contributed by atoms with Gasteiger partial charge in [-0.1, -0.05) is 58.3 Å². The molecule has 0 aromatic heterocycles. The fourth-order valence-electron chi connectivity index (χ4n) is 3.61. The Labute approximate surface area is 209 Å². The zero-order chi connectivity index (χ0) is 24.8. The van der Waals surface area contributed by atoms with Crippen molar-refractivity contribution in [2.75, 3.05) is 12.3 Å². The zero-order valence-electron chi connectivity index (χ0n) is 19.4. The van der Waals surface area contributed by atoms with E-state index in [9.17, 15) is 14.4 Å². The number of rotatable bonds is 15. The maximum atomic E-state index is 13.0. The molecule has 2 unspecified atom stereocenters. The van der Waals surface area contributed by atoms with Gasteiger partial charge in [0.2, 0.25) is 17.7 Å². The molecule has 0 saturated carbocycles. The molecule has 0 bridgehead atoms. The van der Waals surface area contributed by atoms with E-state index >= 15 is 0 Å². The molecule has 1 aromatic carbocycles. The average Bonchev–Trinajstić information content (AvgIpc) is 3.32. The van der Waals surface area contributed by atoms with Gasteiger partial charge in [0.05, 0.1) is 0 Å². The third-order valence-corrected chi connectivity index (χ3v) is 8.45. The van der Waals surface area contributed by atoms with Crippen LogP contribution < -0.4 is 27.8 Å². The van der Waals surface area contributed by atoms with Gasteiger partial charge in [0, 0.05) is 30.4 Å². The summed E-state index contributed by atoms with van der Waals surface area (Å²) < 4.78 is 0. The highest BCUT2D eigenvalue weighted by molar-refractivity contribution is 8.77. The largest absolute Gasteiger partial charge is 0.370 e. The van der Waals surface area contributed by atoms with E-state index in [1.165, 1.54) is 12.2 Å². The highest BCUT2D eigenvalue weighted by Crippen LogP contribution is 2.39. The van der Waals surface area contributed by atoms with Gasteiger partial charge in [-0.15, -0.1) is 0 Å². The summed E-state index contributed by atoms with van der Waals surface area (Å²) in [7, 11) is 3.85. The number of nitrogens with one attached hydrogen (secondary N) is 2. The van der Waals surface area contributed by atoms with Crippen molar-refractivity contribution in [2.24, 2.45) is 22.2 Å². The van der Waals surface area contributed by atoms with Gasteiger partial charge in [0.15, 0.2) is 5.96 Å². The lowest BCUT2D eigenvalue weighted by Crippen LogP contribution is -2.53. The minimum Gasteiger partial charge on any atom is -0.370 e. The van der Waals surface area contributed by atoms with Crippen LogP contribution in [0.25, 0.3) is 0 Å². The Balaban J connectivity index is 1.91. The quantitative estimate of drug-likeness (QED) is 0.103. The van der Waals surface area contributed by atoms with Crippen LogP contribution in [0.4, 0.5) is 0 Å². The summed E-state index contributed by atoms with van der Waals surface area (Å²) in [6, 6.07) is 7.74. The fraction of sp³-hybridized carbons (Fsp3) is 0.565. The van der Waals surface area contributed by atoms with Gasteiger partial charge in [0.1, 0.15) is 12.1 Å². The number of primary amides is 1. The van der Waals surface area contributed by atoms with Crippen LogP contribution in [0.5, 0.6) is 0 Å². The van der Waals surface area contributed by atoms with E-state index in [-0.39, 0.29) is 11.9 Å². The number of aliphatic imine (C=N–C) groups is 1. The lowest BCUT2D eigenvalue weighted by atomic mass is 10.0. The van der Waals surface area contributed by atoms with Crippen LogP contribution in [0.1, 0.15) is 50.5 Å². The summed E-state index contributed by atoms with van der Waals surface area (Å²) in [5.41, 5.74) is 17.0. The molecule has 34 heavy (non-hydrogen) atoms. The molecule has 1 saturated heterocycles. The number of nitrogens with zero attached hydrogens (tertiary/aromatic N) is 1. The Hall–Kier alpha value is -2.40. The predicted molar refractivity (Wildman–Crippen MR) is 140 cm³/mol. The first-order chi connectivity index (χ1) is 16.3. The summed E-state index contributed by atoms with van der Waals surface area (Å²) in [6.07, 6.45) is 5.55. The second kappa shape index (κ2) is 15.5. The maximum absolute atomic E-state index is 13.0. The van der Waals surface area contributed by atoms with Crippen LogP contribution in [-0.2, 0) is 20.8 Å². The van der Waals surface area contributed by atoms with Crippen molar-refractivity contribution in [2.45, 2.75) is 68.7 Å². The SMILES string of the molecule is NC(=O)C(CCCN=C(N)N)NC(=O)[C@@H](Cc1ccccc1)NC(=O)CCCCC1CCSS1. The Bertz CT molecular complexity index is 814. The van der Waals surface area contributed by atoms with Gasteiger partial charge in [-0.2, -0.15) is 0 Å². The summed E-state index contributed by atoms with van der Waals surface area (Å²) in [5, 5.41) is 6.23. The third kappa shape index (κ3) is 11.1. The van der Waals surface area contributed by atoms with Crippen molar-refractivity contribution in [3.63, 3.8) is 0 Å². The molecule has 0 aliphatic carbocycles. The number of amides is 3. The molecule has 0 radical (unpaired) electrons. The van der Waals surface area contributed by atoms with Crippen molar-refractivity contribution in [3.05, 3.63) is 35.9 Å². The summed E-state index contributed by atoms with van der Waals surface area (Å²) >= 11 is 0.